The second-order valence-electron chi connectivity index (χ2n) is 9.61. The van der Waals surface area contributed by atoms with Gasteiger partial charge in [-0.1, -0.05) is 26.2 Å². The van der Waals surface area contributed by atoms with Gasteiger partial charge in [0.05, 0.1) is 11.7 Å². The maximum Gasteiger partial charge on any atom is 0.220 e. The first kappa shape index (κ1) is 22.3. The van der Waals surface area contributed by atoms with Crippen LogP contribution in [0.3, 0.4) is 0 Å². The molecular formula is C25H39N5O. The van der Waals surface area contributed by atoms with Gasteiger partial charge in [0.25, 0.3) is 0 Å². The molecule has 4 rings (SSSR count). The fraction of sp³-hybridized carbons (Fsp3) is 0.720. The first-order valence-electron chi connectivity index (χ1n) is 12.4. The van der Waals surface area contributed by atoms with Crippen LogP contribution >= 0.6 is 0 Å². The highest BCUT2D eigenvalue weighted by molar-refractivity contribution is 5.76. The molecule has 1 unspecified atom stereocenters. The van der Waals surface area contributed by atoms with Crippen LogP contribution in [0, 0.1) is 19.8 Å². The highest BCUT2D eigenvalue weighted by atomic mass is 16.1. The van der Waals surface area contributed by atoms with Crippen molar-refractivity contribution in [3.05, 3.63) is 28.7 Å². The Hall–Kier alpha value is -1.95. The zero-order valence-corrected chi connectivity index (χ0v) is 19.6. The summed E-state index contributed by atoms with van der Waals surface area (Å²) in [7, 11) is 0. The van der Waals surface area contributed by atoms with Crippen LogP contribution in [-0.4, -0.2) is 45.0 Å². The van der Waals surface area contributed by atoms with Crippen LogP contribution in [-0.2, 0) is 11.2 Å². The predicted molar refractivity (Wildman–Crippen MR) is 124 cm³/mol. The van der Waals surface area contributed by atoms with E-state index in [2.05, 4.69) is 37.1 Å². The Bertz CT molecular complexity index is 899. The Balaban J connectivity index is 1.50. The molecule has 0 bridgehead atoms. The van der Waals surface area contributed by atoms with E-state index in [9.17, 15) is 4.79 Å². The normalized spacial score (nSPS) is 20.5. The van der Waals surface area contributed by atoms with Crippen molar-refractivity contribution in [2.45, 2.75) is 91.0 Å². The lowest BCUT2D eigenvalue weighted by molar-refractivity contribution is -0.121. The van der Waals surface area contributed by atoms with Gasteiger partial charge in [0.15, 0.2) is 5.65 Å². The topological polar surface area (TPSA) is 62.5 Å². The monoisotopic (exact) mass is 425 g/mol. The number of aryl methyl sites for hydroxylation is 2. The van der Waals surface area contributed by atoms with Crippen LogP contribution < -0.4 is 5.32 Å². The van der Waals surface area contributed by atoms with E-state index in [1.807, 2.05) is 4.52 Å². The predicted octanol–water partition coefficient (Wildman–Crippen LogP) is 4.52. The molecule has 1 aliphatic carbocycles. The maximum absolute atomic E-state index is 12.1. The van der Waals surface area contributed by atoms with Crippen molar-refractivity contribution in [3.63, 3.8) is 0 Å². The summed E-state index contributed by atoms with van der Waals surface area (Å²) in [4.78, 5) is 19.6. The van der Waals surface area contributed by atoms with Crippen molar-refractivity contribution in [2.24, 2.45) is 5.92 Å². The third-order valence-electron chi connectivity index (χ3n) is 7.28. The van der Waals surface area contributed by atoms with E-state index in [-0.39, 0.29) is 5.91 Å². The van der Waals surface area contributed by atoms with Gasteiger partial charge in [-0.2, -0.15) is 5.10 Å². The number of likely N-dealkylation sites (tertiary alicyclic amines) is 1. The SMILES string of the molecule is CCCNC(=O)CCc1c(C)nc2cc(C3CCCN3CC3CCCCC3)nn2c1C. The summed E-state index contributed by atoms with van der Waals surface area (Å²) in [6.07, 6.45) is 11.6. The van der Waals surface area contributed by atoms with E-state index >= 15 is 0 Å². The highest BCUT2D eigenvalue weighted by Crippen LogP contribution is 2.35. The number of nitrogens with zero attached hydrogens (tertiary/aromatic N) is 4. The summed E-state index contributed by atoms with van der Waals surface area (Å²) >= 11 is 0. The molecule has 31 heavy (non-hydrogen) atoms. The summed E-state index contributed by atoms with van der Waals surface area (Å²) in [5.41, 5.74) is 5.40. The van der Waals surface area contributed by atoms with E-state index in [0.717, 1.165) is 41.5 Å². The fourth-order valence-corrected chi connectivity index (χ4v) is 5.54. The van der Waals surface area contributed by atoms with Crippen molar-refractivity contribution in [2.75, 3.05) is 19.6 Å². The van der Waals surface area contributed by atoms with Crippen molar-refractivity contribution in [1.29, 1.82) is 0 Å². The van der Waals surface area contributed by atoms with Crippen molar-refractivity contribution in [1.82, 2.24) is 24.8 Å². The molecule has 1 aliphatic heterocycles. The number of carbonyl (C=O) groups is 1. The van der Waals surface area contributed by atoms with Gasteiger partial charge in [0, 0.05) is 37.0 Å². The van der Waals surface area contributed by atoms with Crippen LogP contribution in [0.1, 0.15) is 93.4 Å². The lowest BCUT2D eigenvalue weighted by Crippen LogP contribution is -2.30. The van der Waals surface area contributed by atoms with Crippen LogP contribution in [0.4, 0.5) is 0 Å². The van der Waals surface area contributed by atoms with E-state index < -0.39 is 0 Å². The van der Waals surface area contributed by atoms with Gasteiger partial charge >= 0.3 is 0 Å². The molecule has 1 amide bonds. The molecule has 6 nitrogen and oxygen atoms in total. The largest absolute Gasteiger partial charge is 0.356 e. The first-order chi connectivity index (χ1) is 15.1. The summed E-state index contributed by atoms with van der Waals surface area (Å²) in [6, 6.07) is 2.62. The molecule has 170 valence electrons. The molecule has 3 heterocycles. The molecule has 0 spiro atoms. The molecule has 6 heteroatoms. The van der Waals surface area contributed by atoms with E-state index in [1.54, 1.807) is 0 Å². The van der Waals surface area contributed by atoms with Gasteiger partial charge in [-0.15, -0.1) is 0 Å². The Labute approximate surface area is 186 Å². The number of nitrogens with one attached hydrogen (secondary N) is 1. The summed E-state index contributed by atoms with van der Waals surface area (Å²) in [5, 5.41) is 8.00. The molecule has 1 N–H and O–H groups in total. The maximum atomic E-state index is 12.1. The average molecular weight is 426 g/mol. The number of carbonyl (C=O) groups excluding carboxylic acids is 1. The fourth-order valence-electron chi connectivity index (χ4n) is 5.54. The number of aromatic nitrogens is 3. The zero-order valence-electron chi connectivity index (χ0n) is 19.6. The number of rotatable bonds is 8. The van der Waals surface area contributed by atoms with Gasteiger partial charge in [0.1, 0.15) is 0 Å². The summed E-state index contributed by atoms with van der Waals surface area (Å²) < 4.78 is 2.01. The molecule has 1 saturated heterocycles. The van der Waals surface area contributed by atoms with Gasteiger partial charge in [0.2, 0.25) is 5.91 Å². The van der Waals surface area contributed by atoms with Crippen LogP contribution in [0.15, 0.2) is 6.07 Å². The van der Waals surface area contributed by atoms with Crippen LogP contribution in [0.2, 0.25) is 0 Å². The summed E-state index contributed by atoms with van der Waals surface area (Å²) in [5.74, 6) is 0.977. The van der Waals surface area contributed by atoms with Crippen molar-refractivity contribution in [3.8, 4) is 0 Å². The molecule has 1 saturated carbocycles. The molecule has 2 aromatic rings. The van der Waals surface area contributed by atoms with Gasteiger partial charge in [-0.05, 0) is 70.4 Å². The minimum absolute atomic E-state index is 0.117. The van der Waals surface area contributed by atoms with Crippen molar-refractivity contribution < 1.29 is 4.79 Å². The minimum Gasteiger partial charge on any atom is -0.356 e. The molecule has 2 aliphatic rings. The number of amides is 1. The molecular weight excluding hydrogens is 386 g/mol. The van der Waals surface area contributed by atoms with Crippen molar-refractivity contribution >= 4 is 11.6 Å². The van der Waals surface area contributed by atoms with E-state index in [1.165, 1.54) is 63.7 Å². The third-order valence-corrected chi connectivity index (χ3v) is 7.28. The first-order valence-corrected chi connectivity index (χ1v) is 12.4. The second-order valence-corrected chi connectivity index (χ2v) is 9.61. The van der Waals surface area contributed by atoms with Gasteiger partial charge in [-0.25, -0.2) is 9.50 Å². The Morgan fingerprint density at radius 2 is 1.97 bits per heavy atom. The lowest BCUT2D eigenvalue weighted by atomic mass is 9.89. The Kier molecular flexibility index (Phi) is 7.26. The standard InChI is InChI=1S/C25H39N5O/c1-4-14-26-25(31)13-12-21-18(2)27-24-16-22(28-30(24)19(21)3)23-11-8-15-29(23)17-20-9-6-5-7-10-20/h16,20,23H,4-15,17H2,1-3H3,(H,26,31). The Morgan fingerprint density at radius 3 is 2.74 bits per heavy atom. The highest BCUT2D eigenvalue weighted by Gasteiger charge is 2.30. The number of hydrogen-bond donors (Lipinski definition) is 1. The third kappa shape index (κ3) is 5.11. The van der Waals surface area contributed by atoms with Gasteiger partial charge in [-0.3, -0.25) is 9.69 Å². The molecule has 2 aromatic heterocycles. The average Bonchev–Trinajstić information content (AvgIpc) is 3.39. The molecule has 2 fully saturated rings. The number of hydrogen-bond acceptors (Lipinski definition) is 4. The molecule has 1 atom stereocenters. The van der Waals surface area contributed by atoms with E-state index in [4.69, 9.17) is 10.1 Å². The zero-order chi connectivity index (χ0) is 21.8. The Morgan fingerprint density at radius 1 is 1.16 bits per heavy atom. The lowest BCUT2D eigenvalue weighted by Gasteiger charge is -2.30. The summed E-state index contributed by atoms with van der Waals surface area (Å²) in [6.45, 7) is 9.41. The van der Waals surface area contributed by atoms with Crippen LogP contribution in [0.25, 0.3) is 5.65 Å². The number of fused-ring (bicyclic) bond motifs is 1. The second kappa shape index (κ2) is 10.1. The van der Waals surface area contributed by atoms with Crippen LogP contribution in [0.5, 0.6) is 0 Å². The van der Waals surface area contributed by atoms with Gasteiger partial charge < -0.3 is 5.32 Å². The molecule has 0 aromatic carbocycles. The quantitative estimate of drug-likeness (QED) is 0.675. The smallest absolute Gasteiger partial charge is 0.220 e. The minimum atomic E-state index is 0.117. The molecule has 0 radical (unpaired) electrons. The van der Waals surface area contributed by atoms with E-state index in [0.29, 0.717) is 18.9 Å².